The van der Waals surface area contributed by atoms with Crippen molar-refractivity contribution in [2.45, 2.75) is 39.7 Å². The number of hydrogen-bond acceptors (Lipinski definition) is 3. The lowest BCUT2D eigenvalue weighted by Gasteiger charge is -2.21. The zero-order valence-electron chi connectivity index (χ0n) is 16.8. The van der Waals surface area contributed by atoms with Crippen molar-refractivity contribution in [3.05, 3.63) is 29.8 Å². The van der Waals surface area contributed by atoms with Gasteiger partial charge in [-0.05, 0) is 51.5 Å². The predicted octanol–water partition coefficient (Wildman–Crippen LogP) is 3.09. The second-order valence-corrected chi connectivity index (χ2v) is 6.79. The van der Waals surface area contributed by atoms with Crippen molar-refractivity contribution in [3.63, 3.8) is 0 Å². The first-order valence-electron chi connectivity index (χ1n) is 9.67. The minimum absolute atomic E-state index is 0. The van der Waals surface area contributed by atoms with Gasteiger partial charge in [-0.3, -0.25) is 4.99 Å². The van der Waals surface area contributed by atoms with Crippen molar-refractivity contribution in [2.75, 3.05) is 51.2 Å². The van der Waals surface area contributed by atoms with E-state index in [9.17, 15) is 0 Å². The fraction of sp³-hybridized carbons (Fsp3) is 0.650. The summed E-state index contributed by atoms with van der Waals surface area (Å²) in [5, 5.41) is 7.03. The summed E-state index contributed by atoms with van der Waals surface area (Å²) in [4.78, 5) is 9.28. The van der Waals surface area contributed by atoms with Crippen molar-refractivity contribution >= 4 is 35.6 Å². The van der Waals surface area contributed by atoms with Crippen LogP contribution in [0.4, 0.5) is 5.69 Å². The molecule has 1 aromatic carbocycles. The van der Waals surface area contributed by atoms with Crippen molar-refractivity contribution in [3.8, 4) is 0 Å². The molecule has 1 unspecified atom stereocenters. The molecule has 1 fully saturated rings. The average Bonchev–Trinajstić information content (AvgIpc) is 3.10. The summed E-state index contributed by atoms with van der Waals surface area (Å²) in [6.45, 7) is 13.1. The largest absolute Gasteiger partial charge is 0.369 e. The highest BCUT2D eigenvalue weighted by molar-refractivity contribution is 14.0. The molecule has 0 bridgehead atoms. The van der Waals surface area contributed by atoms with E-state index in [0.29, 0.717) is 6.04 Å². The standard InChI is InChI=1S/C20H35N5.HI/c1-5-24(6-2)14-7-13-22-20(21-4)23-18-12-15-25(16-18)19-10-8-17(3)9-11-19;/h8-11,18H,5-7,12-16H2,1-4H3,(H2,21,22,23);1H. The average molecular weight is 473 g/mol. The number of guanidine groups is 1. The van der Waals surface area contributed by atoms with Crippen LogP contribution in [0.3, 0.4) is 0 Å². The highest BCUT2D eigenvalue weighted by Gasteiger charge is 2.23. The van der Waals surface area contributed by atoms with E-state index in [2.05, 4.69) is 70.5 Å². The molecule has 6 heteroatoms. The molecule has 0 spiro atoms. The Morgan fingerprint density at radius 2 is 1.92 bits per heavy atom. The van der Waals surface area contributed by atoms with Crippen molar-refractivity contribution in [2.24, 2.45) is 4.99 Å². The summed E-state index contributed by atoms with van der Waals surface area (Å²) < 4.78 is 0. The highest BCUT2D eigenvalue weighted by Crippen LogP contribution is 2.20. The number of nitrogens with one attached hydrogen (secondary N) is 2. The zero-order valence-corrected chi connectivity index (χ0v) is 19.1. The van der Waals surface area contributed by atoms with Crippen molar-refractivity contribution in [1.82, 2.24) is 15.5 Å². The van der Waals surface area contributed by atoms with Gasteiger partial charge in [0.25, 0.3) is 0 Å². The third-order valence-corrected chi connectivity index (χ3v) is 4.99. The second kappa shape index (κ2) is 12.4. The monoisotopic (exact) mass is 473 g/mol. The zero-order chi connectivity index (χ0) is 18.1. The van der Waals surface area contributed by atoms with E-state index in [-0.39, 0.29) is 24.0 Å². The number of hydrogen-bond donors (Lipinski definition) is 2. The van der Waals surface area contributed by atoms with Crippen molar-refractivity contribution < 1.29 is 0 Å². The van der Waals surface area contributed by atoms with Crippen LogP contribution in [-0.2, 0) is 0 Å². The smallest absolute Gasteiger partial charge is 0.191 e. The van der Waals surface area contributed by atoms with Gasteiger partial charge in [0.2, 0.25) is 0 Å². The normalized spacial score (nSPS) is 17.3. The molecular weight excluding hydrogens is 437 g/mol. The molecule has 0 aromatic heterocycles. The van der Waals surface area contributed by atoms with E-state index in [0.717, 1.165) is 58.1 Å². The molecule has 0 aliphatic carbocycles. The number of anilines is 1. The molecule has 0 saturated carbocycles. The fourth-order valence-corrected chi connectivity index (χ4v) is 3.31. The molecule has 2 rings (SSSR count). The van der Waals surface area contributed by atoms with Gasteiger partial charge in [-0.15, -0.1) is 24.0 Å². The first-order chi connectivity index (χ1) is 12.2. The SMILES string of the molecule is CCN(CC)CCCNC(=NC)NC1CCN(c2ccc(C)cc2)C1.I. The van der Waals surface area contributed by atoms with E-state index < -0.39 is 0 Å². The van der Waals surface area contributed by atoms with Gasteiger partial charge in [0.05, 0.1) is 0 Å². The topological polar surface area (TPSA) is 42.9 Å². The number of benzene rings is 1. The van der Waals surface area contributed by atoms with E-state index in [1.807, 2.05) is 7.05 Å². The molecule has 148 valence electrons. The molecule has 1 heterocycles. The molecule has 1 atom stereocenters. The first-order valence-corrected chi connectivity index (χ1v) is 9.67. The maximum Gasteiger partial charge on any atom is 0.191 e. The van der Waals surface area contributed by atoms with Crippen LogP contribution in [0.2, 0.25) is 0 Å². The van der Waals surface area contributed by atoms with Gasteiger partial charge in [-0.25, -0.2) is 0 Å². The second-order valence-electron chi connectivity index (χ2n) is 6.79. The van der Waals surface area contributed by atoms with Crippen LogP contribution < -0.4 is 15.5 Å². The third kappa shape index (κ3) is 7.31. The van der Waals surface area contributed by atoms with Gasteiger partial charge in [-0.1, -0.05) is 31.5 Å². The first kappa shape index (κ1) is 23.0. The Hall–Kier alpha value is -1.02. The Balaban J connectivity index is 0.00000338. The minimum atomic E-state index is 0. The van der Waals surface area contributed by atoms with Crippen LogP contribution in [0.1, 0.15) is 32.3 Å². The van der Waals surface area contributed by atoms with Gasteiger partial charge >= 0.3 is 0 Å². The Labute approximate surface area is 176 Å². The van der Waals surface area contributed by atoms with Gasteiger partial charge in [0.1, 0.15) is 0 Å². The molecule has 26 heavy (non-hydrogen) atoms. The summed E-state index contributed by atoms with van der Waals surface area (Å²) >= 11 is 0. The number of halogens is 1. The molecule has 0 radical (unpaired) electrons. The maximum atomic E-state index is 4.38. The lowest BCUT2D eigenvalue weighted by molar-refractivity contribution is 0.300. The Morgan fingerprint density at radius 3 is 2.54 bits per heavy atom. The molecule has 0 amide bonds. The van der Waals surface area contributed by atoms with Crippen LogP contribution in [0, 0.1) is 6.92 Å². The predicted molar refractivity (Wildman–Crippen MR) is 124 cm³/mol. The Morgan fingerprint density at radius 1 is 1.23 bits per heavy atom. The van der Waals surface area contributed by atoms with Crippen LogP contribution in [0.25, 0.3) is 0 Å². The third-order valence-electron chi connectivity index (χ3n) is 4.99. The molecule has 2 N–H and O–H groups in total. The van der Waals surface area contributed by atoms with Crippen LogP contribution >= 0.6 is 24.0 Å². The summed E-state index contributed by atoms with van der Waals surface area (Å²) in [6.07, 6.45) is 2.29. The van der Waals surface area contributed by atoms with E-state index in [1.54, 1.807) is 0 Å². The molecule has 1 aromatic rings. The number of rotatable bonds is 8. The fourth-order valence-electron chi connectivity index (χ4n) is 3.31. The number of aryl methyl sites for hydroxylation is 1. The summed E-state index contributed by atoms with van der Waals surface area (Å²) in [7, 11) is 1.85. The molecule has 1 aliphatic rings. The lowest BCUT2D eigenvalue weighted by atomic mass is 10.2. The van der Waals surface area contributed by atoms with Crippen LogP contribution in [0.5, 0.6) is 0 Å². The van der Waals surface area contributed by atoms with Crippen molar-refractivity contribution in [1.29, 1.82) is 0 Å². The molecular formula is C20H36IN5. The molecule has 1 aliphatic heterocycles. The number of aliphatic imine (C=N–C) groups is 1. The van der Waals surface area contributed by atoms with E-state index >= 15 is 0 Å². The van der Waals surface area contributed by atoms with Gasteiger partial charge in [-0.2, -0.15) is 0 Å². The Kier molecular flexibility index (Phi) is 11.0. The van der Waals surface area contributed by atoms with Crippen LogP contribution in [0.15, 0.2) is 29.3 Å². The highest BCUT2D eigenvalue weighted by atomic mass is 127. The molecule has 5 nitrogen and oxygen atoms in total. The van der Waals surface area contributed by atoms with Gasteiger partial charge in [0.15, 0.2) is 5.96 Å². The minimum Gasteiger partial charge on any atom is -0.369 e. The number of nitrogens with zero attached hydrogens (tertiary/aromatic N) is 3. The van der Waals surface area contributed by atoms with E-state index in [4.69, 9.17) is 0 Å². The summed E-state index contributed by atoms with van der Waals surface area (Å²) in [6, 6.07) is 9.27. The van der Waals surface area contributed by atoms with Gasteiger partial charge in [0, 0.05) is 38.4 Å². The van der Waals surface area contributed by atoms with E-state index in [1.165, 1.54) is 11.3 Å². The van der Waals surface area contributed by atoms with Crippen LogP contribution in [-0.4, -0.2) is 63.2 Å². The van der Waals surface area contributed by atoms with Gasteiger partial charge < -0.3 is 20.4 Å². The Bertz CT molecular complexity index is 528. The summed E-state index contributed by atoms with van der Waals surface area (Å²) in [5.74, 6) is 0.926. The quantitative estimate of drug-likeness (QED) is 0.264. The maximum absolute atomic E-state index is 4.38. The molecule has 1 saturated heterocycles. The summed E-state index contributed by atoms with van der Waals surface area (Å²) in [5.41, 5.74) is 2.63. The lowest BCUT2D eigenvalue weighted by Crippen LogP contribution is -2.45.